The van der Waals surface area contributed by atoms with Crippen molar-refractivity contribution in [3.05, 3.63) is 65.7 Å². The molecule has 29 heavy (non-hydrogen) atoms. The van der Waals surface area contributed by atoms with Crippen molar-refractivity contribution in [2.24, 2.45) is 0 Å². The molecule has 0 saturated heterocycles. The summed E-state index contributed by atoms with van der Waals surface area (Å²) < 4.78 is 28.9. The van der Waals surface area contributed by atoms with Crippen molar-refractivity contribution in [2.75, 3.05) is 5.32 Å². The van der Waals surface area contributed by atoms with E-state index >= 15 is 0 Å². The van der Waals surface area contributed by atoms with Crippen LogP contribution in [0.4, 0.5) is 5.69 Å². The van der Waals surface area contributed by atoms with Gasteiger partial charge in [-0.2, -0.15) is 5.10 Å². The molecule has 0 spiro atoms. The number of nitrogens with zero attached hydrogens (tertiary/aromatic N) is 3. The van der Waals surface area contributed by atoms with Crippen LogP contribution in [0.25, 0.3) is 5.69 Å². The fourth-order valence-corrected chi connectivity index (χ4v) is 4.17. The second-order valence-electron chi connectivity index (χ2n) is 7.34. The number of amides is 1. The Bertz CT molecular complexity index is 1120. The number of hydrogen-bond acceptors (Lipinski definition) is 5. The van der Waals surface area contributed by atoms with Crippen LogP contribution in [0.3, 0.4) is 0 Å². The molecule has 8 nitrogen and oxygen atoms in total. The summed E-state index contributed by atoms with van der Waals surface area (Å²) >= 11 is 6.06. The first-order valence-electron chi connectivity index (χ1n) is 8.65. The monoisotopic (exact) mass is 433 g/mol. The molecule has 2 aromatic carbocycles. The number of aromatic nitrogens is 3. The minimum Gasteiger partial charge on any atom is -0.320 e. The zero-order chi connectivity index (χ0) is 21.2. The van der Waals surface area contributed by atoms with E-state index in [0.29, 0.717) is 22.0 Å². The van der Waals surface area contributed by atoms with Crippen molar-refractivity contribution < 1.29 is 13.2 Å². The summed E-state index contributed by atoms with van der Waals surface area (Å²) in [6.45, 7) is 5.26. The van der Waals surface area contributed by atoms with Gasteiger partial charge in [0, 0.05) is 16.1 Å². The summed E-state index contributed by atoms with van der Waals surface area (Å²) in [6, 6.07) is 10.7. The summed E-state index contributed by atoms with van der Waals surface area (Å²) in [5.41, 5.74) is 0.719. The molecule has 0 bridgehead atoms. The van der Waals surface area contributed by atoms with Crippen molar-refractivity contribution >= 4 is 33.2 Å². The molecule has 0 atom stereocenters. The quantitative estimate of drug-likeness (QED) is 0.642. The van der Waals surface area contributed by atoms with Crippen molar-refractivity contribution in [1.82, 2.24) is 19.5 Å². The maximum absolute atomic E-state index is 12.7. The number of hydrogen-bond donors (Lipinski definition) is 2. The molecule has 0 aliphatic rings. The van der Waals surface area contributed by atoms with Gasteiger partial charge in [-0.1, -0.05) is 11.6 Å². The number of carbonyl (C=O) groups excluding carboxylic acids is 1. The number of benzene rings is 2. The highest BCUT2D eigenvalue weighted by molar-refractivity contribution is 7.89. The maximum Gasteiger partial charge on any atom is 0.255 e. The Morgan fingerprint density at radius 2 is 1.79 bits per heavy atom. The summed E-state index contributed by atoms with van der Waals surface area (Å²) in [5, 5.41) is 7.28. The number of sulfonamides is 1. The predicted octanol–water partition coefficient (Wildman–Crippen LogP) is 3.25. The summed E-state index contributed by atoms with van der Waals surface area (Å²) in [7, 11) is -3.68. The van der Waals surface area contributed by atoms with E-state index in [0.717, 1.165) is 0 Å². The Morgan fingerprint density at radius 1 is 1.10 bits per heavy atom. The molecule has 2 N–H and O–H groups in total. The fraction of sp³-hybridized carbons (Fsp3) is 0.211. The smallest absolute Gasteiger partial charge is 0.255 e. The van der Waals surface area contributed by atoms with E-state index in [2.05, 4.69) is 20.1 Å². The highest BCUT2D eigenvalue weighted by Gasteiger charge is 2.22. The van der Waals surface area contributed by atoms with Gasteiger partial charge in [-0.15, -0.1) is 0 Å². The van der Waals surface area contributed by atoms with Gasteiger partial charge in [0.25, 0.3) is 5.91 Å². The minimum absolute atomic E-state index is 0.0787. The van der Waals surface area contributed by atoms with E-state index in [9.17, 15) is 13.2 Å². The predicted molar refractivity (Wildman–Crippen MR) is 111 cm³/mol. The minimum atomic E-state index is -3.68. The van der Waals surface area contributed by atoms with Crippen molar-refractivity contribution in [2.45, 2.75) is 31.2 Å². The molecular weight excluding hydrogens is 414 g/mol. The van der Waals surface area contributed by atoms with Gasteiger partial charge >= 0.3 is 0 Å². The second-order valence-corrected chi connectivity index (χ2v) is 9.45. The molecule has 0 unspecified atom stereocenters. The highest BCUT2D eigenvalue weighted by atomic mass is 35.5. The topological polar surface area (TPSA) is 106 Å². The summed E-state index contributed by atoms with van der Waals surface area (Å²) in [4.78, 5) is 16.7. The van der Waals surface area contributed by atoms with Gasteiger partial charge in [0.05, 0.1) is 16.3 Å². The SMILES string of the molecule is CC(C)(C)NS(=O)(=O)c1ccc(C(=O)Nc2cc(Cl)ccc2-n2cncn2)cc1. The lowest BCUT2D eigenvalue weighted by molar-refractivity contribution is 0.102. The largest absolute Gasteiger partial charge is 0.320 e. The molecule has 10 heteroatoms. The van der Waals surface area contributed by atoms with E-state index in [1.807, 2.05) is 0 Å². The molecule has 3 aromatic rings. The summed E-state index contributed by atoms with van der Waals surface area (Å²) in [6.07, 6.45) is 2.88. The highest BCUT2D eigenvalue weighted by Crippen LogP contribution is 2.25. The molecule has 0 aliphatic carbocycles. The van der Waals surface area contributed by atoms with Crippen LogP contribution in [0.5, 0.6) is 0 Å². The van der Waals surface area contributed by atoms with Gasteiger partial charge in [-0.05, 0) is 63.2 Å². The molecule has 1 aromatic heterocycles. The zero-order valence-corrected chi connectivity index (χ0v) is 17.6. The first-order valence-corrected chi connectivity index (χ1v) is 10.5. The first kappa shape index (κ1) is 21.0. The van der Waals surface area contributed by atoms with Gasteiger partial charge in [0.15, 0.2) is 0 Å². The standard InChI is InChI=1S/C19H20ClN5O3S/c1-19(2,3)24-29(27,28)15-7-4-13(5-8-15)18(26)23-16-10-14(20)6-9-17(16)25-12-21-11-22-25/h4-12,24H,1-3H3,(H,23,26). The zero-order valence-electron chi connectivity index (χ0n) is 16.0. The molecule has 152 valence electrons. The van der Waals surface area contributed by atoms with Crippen LogP contribution in [0.15, 0.2) is 60.0 Å². The lowest BCUT2D eigenvalue weighted by Gasteiger charge is -2.20. The molecule has 0 saturated carbocycles. The van der Waals surface area contributed by atoms with Crippen LogP contribution < -0.4 is 10.0 Å². The number of anilines is 1. The Balaban J connectivity index is 1.83. The van der Waals surface area contributed by atoms with Gasteiger partial charge < -0.3 is 5.32 Å². The number of nitrogens with one attached hydrogen (secondary N) is 2. The van der Waals surface area contributed by atoms with Crippen molar-refractivity contribution in [3.63, 3.8) is 0 Å². The van der Waals surface area contributed by atoms with Crippen LogP contribution in [0, 0.1) is 0 Å². The third kappa shape index (κ3) is 5.20. The fourth-order valence-electron chi connectivity index (χ4n) is 2.58. The molecule has 3 rings (SSSR count). The van der Waals surface area contributed by atoms with Gasteiger partial charge in [-0.25, -0.2) is 22.8 Å². The van der Waals surface area contributed by atoms with E-state index < -0.39 is 21.5 Å². The Morgan fingerprint density at radius 3 is 2.38 bits per heavy atom. The van der Waals surface area contributed by atoms with Crippen LogP contribution in [0.2, 0.25) is 5.02 Å². The lowest BCUT2D eigenvalue weighted by Crippen LogP contribution is -2.40. The van der Waals surface area contributed by atoms with Crippen molar-refractivity contribution in [3.8, 4) is 5.69 Å². The van der Waals surface area contributed by atoms with E-state index in [-0.39, 0.29) is 4.90 Å². The van der Waals surface area contributed by atoms with Gasteiger partial charge in [0.2, 0.25) is 10.0 Å². The third-order valence-electron chi connectivity index (χ3n) is 3.74. The average molecular weight is 434 g/mol. The molecule has 1 amide bonds. The second kappa shape index (κ2) is 7.94. The van der Waals surface area contributed by atoms with E-state index in [4.69, 9.17) is 11.6 Å². The summed E-state index contributed by atoms with van der Waals surface area (Å²) in [5.74, 6) is -0.415. The molecule has 0 aliphatic heterocycles. The van der Waals surface area contributed by atoms with Crippen LogP contribution >= 0.6 is 11.6 Å². The molecule has 1 heterocycles. The van der Waals surface area contributed by atoms with Gasteiger partial charge in [-0.3, -0.25) is 4.79 Å². The Labute approximate surface area is 174 Å². The molecule has 0 fully saturated rings. The van der Waals surface area contributed by atoms with E-state index in [1.54, 1.807) is 39.0 Å². The maximum atomic E-state index is 12.7. The lowest BCUT2D eigenvalue weighted by atomic mass is 10.1. The van der Waals surface area contributed by atoms with E-state index in [1.165, 1.54) is 41.6 Å². The molecule has 0 radical (unpaired) electrons. The molecular formula is C19H20ClN5O3S. The first-order chi connectivity index (χ1) is 13.5. The van der Waals surface area contributed by atoms with Gasteiger partial charge in [0.1, 0.15) is 12.7 Å². The van der Waals surface area contributed by atoms with Crippen molar-refractivity contribution in [1.29, 1.82) is 0 Å². The Kier molecular flexibility index (Phi) is 5.74. The van der Waals surface area contributed by atoms with Crippen LogP contribution in [-0.4, -0.2) is 34.6 Å². The normalized spacial score (nSPS) is 12.0. The van der Waals surface area contributed by atoms with Crippen LogP contribution in [-0.2, 0) is 10.0 Å². The number of carbonyl (C=O) groups is 1. The van der Waals surface area contributed by atoms with Crippen LogP contribution in [0.1, 0.15) is 31.1 Å². The average Bonchev–Trinajstić information content (AvgIpc) is 3.14. The Hall–Kier alpha value is -2.75. The number of rotatable bonds is 5. The third-order valence-corrected chi connectivity index (χ3v) is 5.75. The number of halogens is 1.